The zero-order valence-corrected chi connectivity index (χ0v) is 16.5. The number of benzene rings is 1. The number of amides is 1. The van der Waals surface area contributed by atoms with Crippen LogP contribution in [0, 0.1) is 11.8 Å². The van der Waals surface area contributed by atoms with E-state index in [-0.39, 0.29) is 24.5 Å². The Labute approximate surface area is 163 Å². The normalized spacial score (nSPS) is 30.5. The van der Waals surface area contributed by atoms with Gasteiger partial charge in [0.05, 0.1) is 6.10 Å². The number of rotatable bonds is 5. The molecule has 27 heavy (non-hydrogen) atoms. The lowest BCUT2D eigenvalue weighted by Crippen LogP contribution is -2.57. The maximum Gasteiger partial charge on any atom is 0.412 e. The van der Waals surface area contributed by atoms with Gasteiger partial charge in [-0.15, -0.1) is 0 Å². The van der Waals surface area contributed by atoms with Crippen molar-refractivity contribution < 1.29 is 14.3 Å². The van der Waals surface area contributed by atoms with E-state index >= 15 is 0 Å². The van der Waals surface area contributed by atoms with Gasteiger partial charge in [-0.3, -0.25) is 0 Å². The van der Waals surface area contributed by atoms with E-state index in [1.54, 1.807) is 0 Å². The van der Waals surface area contributed by atoms with Gasteiger partial charge in [0.25, 0.3) is 0 Å². The molecule has 1 saturated heterocycles. The van der Waals surface area contributed by atoms with Gasteiger partial charge >= 0.3 is 6.09 Å². The van der Waals surface area contributed by atoms with Gasteiger partial charge in [0.1, 0.15) is 0 Å². The second kappa shape index (κ2) is 8.64. The number of nitrogens with zero attached hydrogens (tertiary/aromatic N) is 1. The first kappa shape index (κ1) is 18.8. The summed E-state index contributed by atoms with van der Waals surface area (Å²) in [4.78, 5) is 14.8. The number of hydrogen-bond acceptors (Lipinski definition) is 3. The minimum absolute atomic E-state index is 0.173. The van der Waals surface area contributed by atoms with Crippen LogP contribution < -0.4 is 0 Å². The number of fused-ring (bicyclic) bond motifs is 1. The molecule has 4 atom stereocenters. The SMILES string of the molecule is CC(OC1OC(=O)N(Cc2ccccc2)C2CCCCC12)C1CCCCC1. The second-order valence-corrected chi connectivity index (χ2v) is 8.62. The lowest BCUT2D eigenvalue weighted by atomic mass is 9.81. The lowest BCUT2D eigenvalue weighted by Gasteiger charge is -2.47. The van der Waals surface area contributed by atoms with E-state index in [0.717, 1.165) is 18.4 Å². The van der Waals surface area contributed by atoms with Crippen molar-refractivity contribution in [1.82, 2.24) is 4.90 Å². The van der Waals surface area contributed by atoms with Crippen molar-refractivity contribution in [2.24, 2.45) is 11.8 Å². The van der Waals surface area contributed by atoms with Crippen LogP contribution in [-0.2, 0) is 16.0 Å². The standard InChI is InChI=1S/C23H33NO3/c1-17(19-12-6-3-7-13-19)26-22-20-14-8-9-15-21(20)24(23(25)27-22)16-18-10-4-2-5-11-18/h2,4-5,10-11,17,19-22H,3,6-9,12-16H2,1H3. The molecule has 1 aromatic carbocycles. The summed E-state index contributed by atoms with van der Waals surface area (Å²) < 4.78 is 12.3. The van der Waals surface area contributed by atoms with Gasteiger partial charge in [-0.2, -0.15) is 0 Å². The van der Waals surface area contributed by atoms with Gasteiger partial charge in [-0.05, 0) is 44.1 Å². The Morgan fingerprint density at radius 3 is 2.52 bits per heavy atom. The van der Waals surface area contributed by atoms with Gasteiger partial charge in [0.2, 0.25) is 6.29 Å². The molecular formula is C23H33NO3. The summed E-state index contributed by atoms with van der Waals surface area (Å²) in [6.45, 7) is 2.81. The zero-order chi connectivity index (χ0) is 18.6. The maximum absolute atomic E-state index is 12.8. The Hall–Kier alpha value is -1.55. The Morgan fingerprint density at radius 1 is 1.04 bits per heavy atom. The molecule has 2 saturated carbocycles. The number of cyclic esters (lactones) is 1. The molecule has 1 heterocycles. The number of carbonyl (C=O) groups is 1. The summed E-state index contributed by atoms with van der Waals surface area (Å²) in [5.74, 6) is 0.910. The summed E-state index contributed by atoms with van der Waals surface area (Å²) in [7, 11) is 0. The van der Waals surface area contributed by atoms with Crippen molar-refractivity contribution in [2.75, 3.05) is 0 Å². The average Bonchev–Trinajstić information content (AvgIpc) is 2.72. The average molecular weight is 372 g/mol. The quantitative estimate of drug-likeness (QED) is 0.685. The van der Waals surface area contributed by atoms with Crippen LogP contribution in [0.1, 0.15) is 70.3 Å². The van der Waals surface area contributed by atoms with E-state index in [4.69, 9.17) is 9.47 Å². The molecular weight excluding hydrogens is 338 g/mol. The maximum atomic E-state index is 12.8. The largest absolute Gasteiger partial charge is 0.419 e. The van der Waals surface area contributed by atoms with E-state index in [0.29, 0.717) is 18.4 Å². The van der Waals surface area contributed by atoms with Crippen LogP contribution in [0.2, 0.25) is 0 Å². The number of carbonyl (C=O) groups excluding carboxylic acids is 1. The van der Waals surface area contributed by atoms with Crippen LogP contribution in [-0.4, -0.2) is 29.4 Å². The Balaban J connectivity index is 1.45. The first-order valence-electron chi connectivity index (χ1n) is 10.9. The fraction of sp³-hybridized carbons (Fsp3) is 0.696. The number of hydrogen-bond donors (Lipinski definition) is 0. The minimum atomic E-state index is -0.369. The van der Waals surface area contributed by atoms with E-state index in [2.05, 4.69) is 19.1 Å². The van der Waals surface area contributed by atoms with Crippen molar-refractivity contribution in [2.45, 2.75) is 89.7 Å². The molecule has 0 aromatic heterocycles. The van der Waals surface area contributed by atoms with Gasteiger partial charge in [-0.25, -0.2) is 4.79 Å². The summed E-state index contributed by atoms with van der Waals surface area (Å²) in [6, 6.07) is 10.5. The fourth-order valence-electron chi connectivity index (χ4n) is 5.25. The van der Waals surface area contributed by atoms with Crippen LogP contribution in [0.15, 0.2) is 30.3 Å². The molecule has 4 heteroatoms. The van der Waals surface area contributed by atoms with Crippen LogP contribution in [0.5, 0.6) is 0 Å². The van der Waals surface area contributed by atoms with Gasteiger partial charge < -0.3 is 14.4 Å². The third-order valence-electron chi connectivity index (χ3n) is 6.84. The molecule has 3 fully saturated rings. The molecule has 1 aliphatic heterocycles. The molecule has 0 bridgehead atoms. The summed E-state index contributed by atoms with van der Waals surface area (Å²) in [5, 5.41) is 0. The highest BCUT2D eigenvalue weighted by molar-refractivity contribution is 5.69. The minimum Gasteiger partial charge on any atom is -0.419 e. The first-order chi connectivity index (χ1) is 13.2. The Morgan fingerprint density at radius 2 is 1.74 bits per heavy atom. The molecule has 4 rings (SSSR count). The molecule has 0 spiro atoms. The van der Waals surface area contributed by atoms with E-state index < -0.39 is 0 Å². The van der Waals surface area contributed by atoms with Crippen molar-refractivity contribution >= 4 is 6.09 Å². The highest BCUT2D eigenvalue weighted by Gasteiger charge is 2.46. The summed E-state index contributed by atoms with van der Waals surface area (Å²) in [6.07, 6.45) is 10.6. The fourth-order valence-corrected chi connectivity index (χ4v) is 5.25. The first-order valence-corrected chi connectivity index (χ1v) is 10.9. The van der Waals surface area contributed by atoms with Crippen LogP contribution in [0.25, 0.3) is 0 Å². The molecule has 2 aliphatic carbocycles. The topological polar surface area (TPSA) is 38.8 Å². The predicted molar refractivity (Wildman–Crippen MR) is 105 cm³/mol. The van der Waals surface area contributed by atoms with E-state index in [1.807, 2.05) is 23.1 Å². The van der Waals surface area contributed by atoms with Crippen LogP contribution >= 0.6 is 0 Å². The Bertz CT molecular complexity index is 613. The molecule has 148 valence electrons. The van der Waals surface area contributed by atoms with Gasteiger partial charge in [0.15, 0.2) is 0 Å². The van der Waals surface area contributed by atoms with Crippen LogP contribution in [0.4, 0.5) is 4.79 Å². The Kier molecular flexibility index (Phi) is 6.01. The van der Waals surface area contributed by atoms with Gasteiger partial charge in [0, 0.05) is 18.5 Å². The highest BCUT2D eigenvalue weighted by atomic mass is 16.7. The van der Waals surface area contributed by atoms with Gasteiger partial charge in [-0.1, -0.05) is 62.4 Å². The number of ether oxygens (including phenoxy) is 2. The highest BCUT2D eigenvalue weighted by Crippen LogP contribution is 2.39. The van der Waals surface area contributed by atoms with Crippen molar-refractivity contribution in [3.63, 3.8) is 0 Å². The molecule has 0 radical (unpaired) electrons. The third kappa shape index (κ3) is 4.31. The van der Waals surface area contributed by atoms with E-state index in [1.165, 1.54) is 44.9 Å². The van der Waals surface area contributed by atoms with E-state index in [9.17, 15) is 4.79 Å². The zero-order valence-electron chi connectivity index (χ0n) is 16.5. The second-order valence-electron chi connectivity index (χ2n) is 8.62. The van der Waals surface area contributed by atoms with Crippen LogP contribution in [0.3, 0.4) is 0 Å². The third-order valence-corrected chi connectivity index (χ3v) is 6.84. The summed E-state index contributed by atoms with van der Waals surface area (Å²) >= 11 is 0. The monoisotopic (exact) mass is 371 g/mol. The summed E-state index contributed by atoms with van der Waals surface area (Å²) in [5.41, 5.74) is 1.16. The van der Waals surface area contributed by atoms with Crippen molar-refractivity contribution in [3.05, 3.63) is 35.9 Å². The molecule has 0 N–H and O–H groups in total. The van der Waals surface area contributed by atoms with Crippen molar-refractivity contribution in [3.8, 4) is 0 Å². The van der Waals surface area contributed by atoms with Crippen molar-refractivity contribution in [1.29, 1.82) is 0 Å². The molecule has 4 nitrogen and oxygen atoms in total. The smallest absolute Gasteiger partial charge is 0.412 e. The predicted octanol–water partition coefficient (Wildman–Crippen LogP) is 5.51. The molecule has 4 unspecified atom stereocenters. The lowest BCUT2D eigenvalue weighted by molar-refractivity contribution is -0.217. The molecule has 3 aliphatic rings. The molecule has 1 amide bonds. The molecule has 1 aromatic rings.